The third-order valence-electron chi connectivity index (χ3n) is 4.42. The van der Waals surface area contributed by atoms with E-state index in [0.717, 1.165) is 42.7 Å². The summed E-state index contributed by atoms with van der Waals surface area (Å²) in [5, 5.41) is 9.07. The number of ether oxygens (including phenoxy) is 2. The lowest BCUT2D eigenvalue weighted by Crippen LogP contribution is -2.08. The van der Waals surface area contributed by atoms with E-state index in [4.69, 9.17) is 14.7 Å². The molecular formula is C23H29NO2. The van der Waals surface area contributed by atoms with Crippen LogP contribution in [0, 0.1) is 16.7 Å². The summed E-state index contributed by atoms with van der Waals surface area (Å²) < 4.78 is 11.9. The van der Waals surface area contributed by atoms with E-state index in [1.807, 2.05) is 44.2 Å². The highest BCUT2D eigenvalue weighted by Crippen LogP contribution is 2.27. The fourth-order valence-corrected chi connectivity index (χ4v) is 2.70. The number of rotatable bonds is 10. The number of aryl methyl sites for hydroxylation is 1. The van der Waals surface area contributed by atoms with Crippen LogP contribution in [0.25, 0.3) is 0 Å². The fraction of sp³-hybridized carbons (Fsp3) is 0.435. The van der Waals surface area contributed by atoms with Gasteiger partial charge >= 0.3 is 0 Å². The van der Waals surface area contributed by atoms with Gasteiger partial charge < -0.3 is 9.47 Å². The second-order valence-electron chi connectivity index (χ2n) is 7.20. The van der Waals surface area contributed by atoms with Gasteiger partial charge in [-0.15, -0.1) is 0 Å². The molecule has 0 aliphatic heterocycles. The van der Waals surface area contributed by atoms with E-state index in [9.17, 15) is 0 Å². The number of hydrogen-bond donors (Lipinski definition) is 0. The first kappa shape index (κ1) is 19.8. The molecule has 0 bridgehead atoms. The van der Waals surface area contributed by atoms with Crippen molar-refractivity contribution >= 4 is 0 Å². The van der Waals surface area contributed by atoms with Gasteiger partial charge in [0.25, 0.3) is 0 Å². The molecule has 0 amide bonds. The van der Waals surface area contributed by atoms with Crippen molar-refractivity contribution in [3.05, 3.63) is 59.7 Å². The molecule has 3 nitrogen and oxygen atoms in total. The molecular weight excluding hydrogens is 322 g/mol. The molecule has 0 heterocycles. The Balaban J connectivity index is 1.87. The molecule has 0 saturated carbocycles. The van der Waals surface area contributed by atoms with E-state index in [0.29, 0.717) is 13.2 Å². The Kier molecular flexibility index (Phi) is 7.53. The summed E-state index contributed by atoms with van der Waals surface area (Å²) >= 11 is 0. The Bertz CT molecular complexity index is 717. The number of benzene rings is 2. The molecule has 2 aromatic carbocycles. The van der Waals surface area contributed by atoms with Crippen LogP contribution in [-0.2, 0) is 13.0 Å². The predicted octanol–water partition coefficient (Wildman–Crippen LogP) is 5.93. The molecule has 0 aliphatic carbocycles. The van der Waals surface area contributed by atoms with Crippen molar-refractivity contribution in [2.24, 2.45) is 5.41 Å². The summed E-state index contributed by atoms with van der Waals surface area (Å²) in [6, 6.07) is 18.6. The van der Waals surface area contributed by atoms with Crippen LogP contribution >= 0.6 is 0 Å². The fourth-order valence-electron chi connectivity index (χ4n) is 2.70. The Hall–Kier alpha value is -2.47. The van der Waals surface area contributed by atoms with Crippen molar-refractivity contribution in [2.45, 2.75) is 53.1 Å². The van der Waals surface area contributed by atoms with Crippen LogP contribution in [0.5, 0.6) is 11.5 Å². The lowest BCUT2D eigenvalue weighted by Gasteiger charge is -2.16. The maximum atomic E-state index is 9.07. The van der Waals surface area contributed by atoms with Crippen molar-refractivity contribution in [1.29, 1.82) is 5.26 Å². The topological polar surface area (TPSA) is 42.2 Å². The van der Waals surface area contributed by atoms with Crippen molar-refractivity contribution in [1.82, 2.24) is 0 Å². The minimum Gasteiger partial charge on any atom is -0.493 e. The van der Waals surface area contributed by atoms with Crippen LogP contribution in [0.1, 0.15) is 51.2 Å². The first-order valence-corrected chi connectivity index (χ1v) is 9.38. The van der Waals surface area contributed by atoms with Gasteiger partial charge in [0.2, 0.25) is 0 Å². The summed E-state index contributed by atoms with van der Waals surface area (Å²) in [6.07, 6.45) is 3.76. The number of unbranched alkanes of at least 4 members (excludes halogenated alkanes) is 1. The van der Waals surface area contributed by atoms with Crippen molar-refractivity contribution in [3.8, 4) is 17.6 Å². The smallest absolute Gasteiger partial charge is 0.126 e. The largest absolute Gasteiger partial charge is 0.493 e. The van der Waals surface area contributed by atoms with Gasteiger partial charge in [-0.2, -0.15) is 5.26 Å². The quantitative estimate of drug-likeness (QED) is 0.498. The molecule has 0 fully saturated rings. The molecule has 0 spiro atoms. The molecule has 138 valence electrons. The Morgan fingerprint density at radius 2 is 1.77 bits per heavy atom. The minimum atomic E-state index is -0.250. The highest BCUT2D eigenvalue weighted by Gasteiger charge is 2.15. The third kappa shape index (κ3) is 6.44. The van der Waals surface area contributed by atoms with E-state index >= 15 is 0 Å². The van der Waals surface area contributed by atoms with Crippen LogP contribution < -0.4 is 9.47 Å². The number of hydrogen-bond acceptors (Lipinski definition) is 3. The molecule has 26 heavy (non-hydrogen) atoms. The number of nitrogens with zero attached hydrogens (tertiary/aromatic N) is 1. The van der Waals surface area contributed by atoms with Gasteiger partial charge in [-0.05, 0) is 56.7 Å². The zero-order valence-corrected chi connectivity index (χ0v) is 16.1. The summed E-state index contributed by atoms with van der Waals surface area (Å²) in [5.74, 6) is 1.73. The molecule has 2 aromatic rings. The van der Waals surface area contributed by atoms with E-state index in [1.165, 1.54) is 5.56 Å². The second-order valence-corrected chi connectivity index (χ2v) is 7.20. The normalized spacial score (nSPS) is 11.0. The number of nitriles is 1. The van der Waals surface area contributed by atoms with E-state index < -0.39 is 0 Å². The minimum absolute atomic E-state index is 0.250. The van der Waals surface area contributed by atoms with Crippen molar-refractivity contribution in [3.63, 3.8) is 0 Å². The van der Waals surface area contributed by atoms with Gasteiger partial charge in [0.15, 0.2) is 0 Å². The van der Waals surface area contributed by atoms with Crippen LogP contribution in [0.4, 0.5) is 0 Å². The first-order chi connectivity index (χ1) is 12.5. The zero-order chi connectivity index (χ0) is 18.8. The summed E-state index contributed by atoms with van der Waals surface area (Å²) in [4.78, 5) is 0. The Labute approximate surface area is 157 Å². The van der Waals surface area contributed by atoms with Crippen LogP contribution in [0.15, 0.2) is 48.5 Å². The van der Waals surface area contributed by atoms with Crippen LogP contribution in [0.3, 0.4) is 0 Å². The predicted molar refractivity (Wildman–Crippen MR) is 105 cm³/mol. The standard InChI is InChI=1S/C23H29NO2/c1-4-20-12-13-21(26-17-19-10-6-5-7-11-19)16-22(20)25-15-9-8-14-23(2,3)18-24/h5-7,10-13,16H,4,8-9,14-15,17H2,1-3H3. The maximum absolute atomic E-state index is 9.07. The molecule has 0 N–H and O–H groups in total. The molecule has 0 aliphatic rings. The zero-order valence-electron chi connectivity index (χ0n) is 16.1. The van der Waals surface area contributed by atoms with Crippen LogP contribution in [-0.4, -0.2) is 6.61 Å². The monoisotopic (exact) mass is 351 g/mol. The second kappa shape index (κ2) is 9.87. The van der Waals surface area contributed by atoms with Gasteiger partial charge in [0, 0.05) is 6.07 Å². The van der Waals surface area contributed by atoms with Gasteiger partial charge in [0.1, 0.15) is 18.1 Å². The molecule has 0 aromatic heterocycles. The van der Waals surface area contributed by atoms with Gasteiger partial charge in [0.05, 0.1) is 18.1 Å². The molecule has 3 heteroatoms. The highest BCUT2D eigenvalue weighted by molar-refractivity contribution is 5.41. The van der Waals surface area contributed by atoms with Gasteiger partial charge in [-0.3, -0.25) is 0 Å². The summed E-state index contributed by atoms with van der Waals surface area (Å²) in [7, 11) is 0. The average molecular weight is 351 g/mol. The molecule has 0 radical (unpaired) electrons. The van der Waals surface area contributed by atoms with E-state index in [1.54, 1.807) is 0 Å². The lowest BCUT2D eigenvalue weighted by atomic mass is 9.89. The Morgan fingerprint density at radius 3 is 2.46 bits per heavy atom. The SMILES string of the molecule is CCc1ccc(OCc2ccccc2)cc1OCCCCC(C)(C)C#N. The molecule has 0 unspecified atom stereocenters. The van der Waals surface area contributed by atoms with Crippen molar-refractivity contribution in [2.75, 3.05) is 6.61 Å². The summed E-state index contributed by atoms with van der Waals surface area (Å²) in [5.41, 5.74) is 2.09. The average Bonchev–Trinajstić information content (AvgIpc) is 2.67. The Morgan fingerprint density at radius 1 is 1.00 bits per heavy atom. The lowest BCUT2D eigenvalue weighted by molar-refractivity contribution is 0.283. The molecule has 0 saturated heterocycles. The van der Waals surface area contributed by atoms with Gasteiger partial charge in [-0.25, -0.2) is 0 Å². The molecule has 0 atom stereocenters. The van der Waals surface area contributed by atoms with Crippen molar-refractivity contribution < 1.29 is 9.47 Å². The van der Waals surface area contributed by atoms with Gasteiger partial charge in [-0.1, -0.05) is 43.3 Å². The van der Waals surface area contributed by atoms with Crippen LogP contribution in [0.2, 0.25) is 0 Å². The third-order valence-corrected chi connectivity index (χ3v) is 4.42. The van der Waals surface area contributed by atoms with E-state index in [2.05, 4.69) is 31.2 Å². The molecule has 2 rings (SSSR count). The maximum Gasteiger partial charge on any atom is 0.126 e. The van der Waals surface area contributed by atoms with E-state index in [-0.39, 0.29) is 5.41 Å². The first-order valence-electron chi connectivity index (χ1n) is 9.38. The highest BCUT2D eigenvalue weighted by atomic mass is 16.5. The summed E-state index contributed by atoms with van der Waals surface area (Å²) in [6.45, 7) is 7.31.